The second-order valence-electron chi connectivity index (χ2n) is 7.34. The predicted octanol–water partition coefficient (Wildman–Crippen LogP) is 2.51. The van der Waals surface area contributed by atoms with Crippen molar-refractivity contribution in [1.29, 1.82) is 0 Å². The number of likely N-dealkylation sites (tertiary alicyclic amines) is 1. The number of hydrogen-bond acceptors (Lipinski definition) is 2. The van der Waals surface area contributed by atoms with Crippen LogP contribution in [0.25, 0.3) is 0 Å². The van der Waals surface area contributed by atoms with Gasteiger partial charge in [0.15, 0.2) is 0 Å². The Morgan fingerprint density at radius 2 is 2.00 bits per heavy atom. The number of nitrogens with zero attached hydrogens (tertiary/aromatic N) is 1. The van der Waals surface area contributed by atoms with E-state index >= 15 is 0 Å². The number of carbonyl (C=O) groups is 2. The number of fused-ring (bicyclic) bond motifs is 2. The maximum Gasteiger partial charge on any atom is 0.245 e. The first kappa shape index (κ1) is 15.4. The van der Waals surface area contributed by atoms with Crippen molar-refractivity contribution >= 4 is 11.8 Å². The van der Waals surface area contributed by atoms with Crippen LogP contribution in [0, 0.1) is 17.8 Å². The third-order valence-electron chi connectivity index (χ3n) is 5.68. The molecule has 0 aromatic heterocycles. The molecule has 2 bridgehead atoms. The molecule has 1 saturated carbocycles. The van der Waals surface area contributed by atoms with E-state index in [-0.39, 0.29) is 23.8 Å². The van der Waals surface area contributed by atoms with Crippen molar-refractivity contribution in [1.82, 2.24) is 10.2 Å². The molecule has 2 amide bonds. The Balaban J connectivity index is 1.37. The van der Waals surface area contributed by atoms with Gasteiger partial charge in [-0.05, 0) is 43.1 Å². The Morgan fingerprint density at radius 1 is 1.17 bits per heavy atom. The molecule has 126 valence electrons. The van der Waals surface area contributed by atoms with Gasteiger partial charge in [-0.3, -0.25) is 9.59 Å². The van der Waals surface area contributed by atoms with Crippen LogP contribution in [0.4, 0.5) is 0 Å². The summed E-state index contributed by atoms with van der Waals surface area (Å²) in [5.41, 5.74) is 1.14. The average Bonchev–Trinajstić information content (AvgIpc) is 3.23. The molecule has 4 heteroatoms. The van der Waals surface area contributed by atoms with E-state index in [0.717, 1.165) is 37.8 Å². The summed E-state index contributed by atoms with van der Waals surface area (Å²) in [7, 11) is 0. The molecule has 24 heavy (non-hydrogen) atoms. The van der Waals surface area contributed by atoms with E-state index in [4.69, 9.17) is 0 Å². The zero-order chi connectivity index (χ0) is 16.5. The fourth-order valence-corrected chi connectivity index (χ4v) is 4.40. The summed E-state index contributed by atoms with van der Waals surface area (Å²) in [5.74, 6) is 1.16. The summed E-state index contributed by atoms with van der Waals surface area (Å²) in [4.78, 5) is 27.2. The molecule has 2 fully saturated rings. The van der Waals surface area contributed by atoms with Gasteiger partial charge in [0, 0.05) is 19.0 Å². The highest BCUT2D eigenvalue weighted by Crippen LogP contribution is 2.43. The van der Waals surface area contributed by atoms with Gasteiger partial charge >= 0.3 is 0 Å². The lowest BCUT2D eigenvalue weighted by molar-refractivity contribution is -0.140. The summed E-state index contributed by atoms with van der Waals surface area (Å²) in [6.45, 7) is 1.40. The third-order valence-corrected chi connectivity index (χ3v) is 5.68. The minimum atomic E-state index is -0.349. The number of amides is 2. The molecule has 1 N–H and O–H groups in total. The van der Waals surface area contributed by atoms with Crippen LogP contribution in [0.5, 0.6) is 0 Å². The fraction of sp³-hybridized carbons (Fsp3) is 0.500. The van der Waals surface area contributed by atoms with Gasteiger partial charge in [-0.25, -0.2) is 0 Å². The van der Waals surface area contributed by atoms with Crippen LogP contribution in [0.1, 0.15) is 31.2 Å². The lowest BCUT2D eigenvalue weighted by atomic mass is 9.92. The second-order valence-corrected chi connectivity index (χ2v) is 7.34. The summed E-state index contributed by atoms with van der Waals surface area (Å²) in [5, 5.41) is 3.05. The minimum absolute atomic E-state index is 0.0668. The van der Waals surface area contributed by atoms with Gasteiger partial charge in [0.2, 0.25) is 11.8 Å². The molecule has 1 aromatic carbocycles. The zero-order valence-electron chi connectivity index (χ0n) is 13.9. The van der Waals surface area contributed by atoms with E-state index in [9.17, 15) is 9.59 Å². The molecule has 0 spiro atoms. The van der Waals surface area contributed by atoms with Crippen LogP contribution in [-0.2, 0) is 16.1 Å². The first-order valence-corrected chi connectivity index (χ1v) is 9.02. The normalized spacial score (nSPS) is 31.5. The third kappa shape index (κ3) is 2.97. The fourth-order valence-electron chi connectivity index (χ4n) is 4.40. The van der Waals surface area contributed by atoms with Crippen LogP contribution in [0.2, 0.25) is 0 Å². The molecular formula is C20H24N2O2. The van der Waals surface area contributed by atoms with Crippen LogP contribution < -0.4 is 5.32 Å². The van der Waals surface area contributed by atoms with E-state index in [2.05, 4.69) is 17.5 Å². The van der Waals surface area contributed by atoms with E-state index in [1.807, 2.05) is 35.2 Å². The number of piperidine rings is 1. The standard InChI is InChI=1S/C20H24N2O2/c23-19(17-12-15-8-9-16(17)11-15)21-18-7-4-10-22(20(18)24)13-14-5-2-1-3-6-14/h1-3,5-6,8-9,15-18H,4,7,10-13H2,(H,21,23)/t15-,16-,17+,18-/m0/s1. The lowest BCUT2D eigenvalue weighted by Gasteiger charge is -2.33. The van der Waals surface area contributed by atoms with Crippen molar-refractivity contribution in [2.75, 3.05) is 6.54 Å². The van der Waals surface area contributed by atoms with Gasteiger partial charge in [0.25, 0.3) is 0 Å². The molecule has 3 aliphatic rings. The smallest absolute Gasteiger partial charge is 0.245 e. The van der Waals surface area contributed by atoms with E-state index < -0.39 is 0 Å². The average molecular weight is 324 g/mol. The molecule has 0 unspecified atom stereocenters. The summed E-state index contributed by atoms with van der Waals surface area (Å²) in [6.07, 6.45) is 8.18. The molecule has 2 aliphatic carbocycles. The summed E-state index contributed by atoms with van der Waals surface area (Å²) in [6, 6.07) is 9.69. The van der Waals surface area contributed by atoms with E-state index in [1.165, 1.54) is 0 Å². The largest absolute Gasteiger partial charge is 0.344 e. The van der Waals surface area contributed by atoms with Gasteiger partial charge in [-0.15, -0.1) is 0 Å². The Morgan fingerprint density at radius 3 is 2.71 bits per heavy atom. The molecule has 1 aromatic rings. The molecule has 0 radical (unpaired) electrons. The van der Waals surface area contributed by atoms with E-state index in [0.29, 0.717) is 18.4 Å². The molecule has 1 aliphatic heterocycles. The number of hydrogen-bond donors (Lipinski definition) is 1. The molecule has 4 nitrogen and oxygen atoms in total. The van der Waals surface area contributed by atoms with Gasteiger partial charge in [-0.1, -0.05) is 42.5 Å². The SMILES string of the molecule is O=C(N[C@H]1CCCN(Cc2ccccc2)C1=O)[C@@H]1C[C@H]2C=C[C@H]1C2. The van der Waals surface area contributed by atoms with Gasteiger partial charge < -0.3 is 10.2 Å². The highest BCUT2D eigenvalue weighted by atomic mass is 16.2. The molecule has 4 atom stereocenters. The van der Waals surface area contributed by atoms with Gasteiger partial charge in [0.05, 0.1) is 0 Å². The maximum atomic E-state index is 12.7. The highest BCUT2D eigenvalue weighted by Gasteiger charge is 2.41. The summed E-state index contributed by atoms with van der Waals surface area (Å²) < 4.78 is 0. The predicted molar refractivity (Wildman–Crippen MR) is 91.9 cm³/mol. The van der Waals surface area contributed by atoms with Crippen molar-refractivity contribution in [2.45, 2.75) is 38.3 Å². The van der Waals surface area contributed by atoms with Gasteiger partial charge in [-0.2, -0.15) is 0 Å². The monoisotopic (exact) mass is 324 g/mol. The number of carbonyl (C=O) groups excluding carboxylic acids is 2. The van der Waals surface area contributed by atoms with Crippen molar-refractivity contribution in [3.63, 3.8) is 0 Å². The van der Waals surface area contributed by atoms with Crippen molar-refractivity contribution < 1.29 is 9.59 Å². The van der Waals surface area contributed by atoms with Crippen molar-refractivity contribution in [3.05, 3.63) is 48.0 Å². The quantitative estimate of drug-likeness (QED) is 0.865. The topological polar surface area (TPSA) is 49.4 Å². The Labute approximate surface area is 142 Å². The Hall–Kier alpha value is -2.10. The molecule has 1 saturated heterocycles. The van der Waals surface area contributed by atoms with Crippen LogP contribution in [0.15, 0.2) is 42.5 Å². The Kier molecular flexibility index (Phi) is 4.13. The zero-order valence-corrected chi connectivity index (χ0v) is 13.9. The van der Waals surface area contributed by atoms with Crippen LogP contribution in [0.3, 0.4) is 0 Å². The van der Waals surface area contributed by atoms with Gasteiger partial charge in [0.1, 0.15) is 6.04 Å². The number of allylic oxidation sites excluding steroid dienone is 2. The molecule has 1 heterocycles. The van der Waals surface area contributed by atoms with Crippen molar-refractivity contribution in [2.24, 2.45) is 17.8 Å². The van der Waals surface area contributed by atoms with Crippen molar-refractivity contribution in [3.8, 4) is 0 Å². The van der Waals surface area contributed by atoms with Crippen LogP contribution in [-0.4, -0.2) is 29.3 Å². The number of rotatable bonds is 4. The first-order valence-electron chi connectivity index (χ1n) is 9.02. The van der Waals surface area contributed by atoms with E-state index in [1.54, 1.807) is 0 Å². The lowest BCUT2D eigenvalue weighted by Crippen LogP contribution is -2.53. The number of nitrogens with one attached hydrogen (secondary N) is 1. The minimum Gasteiger partial charge on any atom is -0.344 e. The highest BCUT2D eigenvalue weighted by molar-refractivity contribution is 5.89. The first-order chi connectivity index (χ1) is 11.7. The second kappa shape index (κ2) is 6.42. The van der Waals surface area contributed by atoms with Crippen LogP contribution >= 0.6 is 0 Å². The molecule has 4 rings (SSSR count). The Bertz CT molecular complexity index is 655. The molecular weight excluding hydrogens is 300 g/mol. The number of benzene rings is 1. The summed E-state index contributed by atoms with van der Waals surface area (Å²) >= 11 is 0. The maximum absolute atomic E-state index is 12.7.